The lowest BCUT2D eigenvalue weighted by molar-refractivity contribution is 1.51. The molecule has 0 unspecified atom stereocenters. The number of anilines is 1. The number of thiol groups is 1. The second-order valence-electron chi connectivity index (χ2n) is 12.8. The number of rotatable bonds is 1. The van der Waals surface area contributed by atoms with Gasteiger partial charge in [0.1, 0.15) is 0 Å². The zero-order valence-corrected chi connectivity index (χ0v) is 25.4. The van der Waals surface area contributed by atoms with Crippen molar-refractivity contribution in [3.05, 3.63) is 127 Å². The Morgan fingerprint density at radius 2 is 0.844 bits per heavy atom. The van der Waals surface area contributed by atoms with Crippen LogP contribution in [0.15, 0.2) is 121 Å². The summed E-state index contributed by atoms with van der Waals surface area (Å²) >= 11 is 4.35. The Bertz CT molecular complexity index is 3080. The molecular weight excluding hydrogens is 563 g/mol. The van der Waals surface area contributed by atoms with Crippen LogP contribution in [0.25, 0.3) is 108 Å². The third-order valence-electron chi connectivity index (χ3n) is 10.5. The molecule has 0 atom stereocenters. The fraction of sp³-hybridized carbons (Fsp3) is 0.0233. The first kappa shape index (κ1) is 24.1. The average molecular weight is 588 g/mol. The molecule has 45 heavy (non-hydrogen) atoms. The Hall–Kier alpha value is -5.31. The summed E-state index contributed by atoms with van der Waals surface area (Å²) in [7, 11) is 0. The molecule has 11 rings (SSSR count). The van der Waals surface area contributed by atoms with E-state index >= 15 is 0 Å². The number of hydrogen-bond donors (Lipinski definition) is 2. The van der Waals surface area contributed by atoms with Crippen molar-refractivity contribution in [2.45, 2.75) is 6.92 Å². The van der Waals surface area contributed by atoms with Crippen LogP contribution in [0.2, 0.25) is 0 Å². The van der Waals surface area contributed by atoms with Gasteiger partial charge in [0.2, 0.25) is 0 Å². The lowest BCUT2D eigenvalue weighted by atomic mass is 9.80. The summed E-state index contributed by atoms with van der Waals surface area (Å²) in [6, 6.07) is 46.0. The van der Waals surface area contributed by atoms with Crippen LogP contribution in [0, 0.1) is 6.92 Å². The Morgan fingerprint density at radius 3 is 1.56 bits per heavy atom. The molecule has 2 heteroatoms. The van der Waals surface area contributed by atoms with Gasteiger partial charge in [-0.2, -0.15) is 0 Å². The van der Waals surface area contributed by atoms with Crippen LogP contribution >= 0.6 is 12.8 Å². The standard InChI is InChI=1S/C43H25NS/c1-22-12-13-23-19-36-32-17-16-31-26-8-4-9-30-35-21-25(44-45)15-14-24(35)20-37(38(26)30)41-28-7-3-2-6-27(28)40(43(32)42(31)41)33-11-5-10-29(39(33)36)34(23)18-22/h2-21,44-45H,1H3. The molecule has 0 heterocycles. The third kappa shape index (κ3) is 2.87. The van der Waals surface area contributed by atoms with Crippen molar-refractivity contribution < 1.29 is 0 Å². The van der Waals surface area contributed by atoms with Gasteiger partial charge >= 0.3 is 0 Å². The molecule has 0 aliphatic carbocycles. The largest absolute Gasteiger partial charge is 0.332 e. The van der Waals surface area contributed by atoms with Gasteiger partial charge in [-0.25, -0.2) is 0 Å². The van der Waals surface area contributed by atoms with Crippen LogP contribution in [0.1, 0.15) is 5.56 Å². The van der Waals surface area contributed by atoms with Crippen LogP contribution in [-0.2, 0) is 0 Å². The highest BCUT2D eigenvalue weighted by molar-refractivity contribution is 7.81. The molecule has 0 aliphatic rings. The van der Waals surface area contributed by atoms with Gasteiger partial charge in [0.05, 0.1) is 0 Å². The quantitative estimate of drug-likeness (QED) is 0.111. The molecule has 0 amide bonds. The van der Waals surface area contributed by atoms with Gasteiger partial charge in [-0.3, -0.25) is 0 Å². The van der Waals surface area contributed by atoms with E-state index in [0.717, 1.165) is 5.69 Å². The molecule has 0 saturated heterocycles. The van der Waals surface area contributed by atoms with Gasteiger partial charge in [0.25, 0.3) is 0 Å². The molecule has 1 N–H and O–H groups in total. The molecule has 11 aromatic rings. The average Bonchev–Trinajstić information content (AvgIpc) is 3.09. The van der Waals surface area contributed by atoms with E-state index in [-0.39, 0.29) is 0 Å². The van der Waals surface area contributed by atoms with Gasteiger partial charge in [-0.05, 0) is 139 Å². The number of fused-ring (bicyclic) bond motifs is 11. The molecule has 11 aromatic carbocycles. The fourth-order valence-corrected chi connectivity index (χ4v) is 8.90. The molecule has 0 aromatic heterocycles. The highest BCUT2D eigenvalue weighted by Gasteiger charge is 2.23. The summed E-state index contributed by atoms with van der Waals surface area (Å²) in [6.45, 7) is 2.19. The summed E-state index contributed by atoms with van der Waals surface area (Å²) < 4.78 is 3.05. The molecule has 0 spiro atoms. The van der Waals surface area contributed by atoms with Gasteiger partial charge in [-0.15, -0.1) is 0 Å². The van der Waals surface area contributed by atoms with Crippen LogP contribution in [0.3, 0.4) is 0 Å². The van der Waals surface area contributed by atoms with E-state index in [1.165, 1.54) is 113 Å². The van der Waals surface area contributed by atoms with Crippen molar-refractivity contribution in [3.8, 4) is 0 Å². The van der Waals surface area contributed by atoms with Crippen molar-refractivity contribution in [2.24, 2.45) is 0 Å². The second-order valence-corrected chi connectivity index (χ2v) is 13.0. The van der Waals surface area contributed by atoms with Gasteiger partial charge in [-0.1, -0.05) is 115 Å². The first-order valence-corrected chi connectivity index (χ1v) is 16.0. The Morgan fingerprint density at radius 1 is 0.356 bits per heavy atom. The normalized spacial score (nSPS) is 12.7. The highest BCUT2D eigenvalue weighted by atomic mass is 32.1. The van der Waals surface area contributed by atoms with E-state index in [9.17, 15) is 0 Å². The maximum atomic E-state index is 4.35. The molecule has 0 radical (unpaired) electrons. The monoisotopic (exact) mass is 587 g/mol. The van der Waals surface area contributed by atoms with Crippen molar-refractivity contribution in [1.29, 1.82) is 0 Å². The Labute approximate surface area is 263 Å². The van der Waals surface area contributed by atoms with E-state index in [1.54, 1.807) is 0 Å². The summed E-state index contributed by atoms with van der Waals surface area (Å²) in [4.78, 5) is 0. The molecule has 0 bridgehead atoms. The summed E-state index contributed by atoms with van der Waals surface area (Å²) in [5, 5.41) is 26.5. The second kappa shape index (κ2) is 8.24. The molecule has 0 aliphatic heterocycles. The minimum atomic E-state index is 1.00. The van der Waals surface area contributed by atoms with Crippen LogP contribution in [0.4, 0.5) is 5.69 Å². The SMILES string of the molecule is Cc1ccc2cc3c4ccc5c6cccc7c8cc(NS)ccc8cc(c76)c6c7ccccc7c(c7cccc(c2c1)c37)c4c56. The smallest absolute Gasteiger partial charge is 0.0444 e. The van der Waals surface area contributed by atoms with Crippen molar-refractivity contribution in [1.82, 2.24) is 0 Å². The lowest BCUT2D eigenvalue weighted by Gasteiger charge is -2.23. The molecule has 1 nitrogen and oxygen atoms in total. The van der Waals surface area contributed by atoms with E-state index in [0.29, 0.717) is 0 Å². The van der Waals surface area contributed by atoms with E-state index in [2.05, 4.69) is 146 Å². The zero-order valence-electron chi connectivity index (χ0n) is 24.5. The van der Waals surface area contributed by atoms with Gasteiger partial charge in [0, 0.05) is 5.69 Å². The maximum absolute atomic E-state index is 4.35. The minimum absolute atomic E-state index is 1.00. The molecular formula is C43H25NS. The lowest BCUT2D eigenvalue weighted by Crippen LogP contribution is -1.94. The molecule has 0 saturated carbocycles. The number of nitrogens with one attached hydrogen (secondary N) is 1. The third-order valence-corrected chi connectivity index (χ3v) is 10.8. The minimum Gasteiger partial charge on any atom is -0.332 e. The van der Waals surface area contributed by atoms with E-state index in [1.807, 2.05) is 0 Å². The van der Waals surface area contributed by atoms with Crippen molar-refractivity contribution >= 4 is 126 Å². The fourth-order valence-electron chi connectivity index (χ4n) is 8.76. The number of hydrogen-bond acceptors (Lipinski definition) is 2. The maximum Gasteiger partial charge on any atom is 0.0444 e. The van der Waals surface area contributed by atoms with Crippen LogP contribution in [-0.4, -0.2) is 0 Å². The highest BCUT2D eigenvalue weighted by Crippen LogP contribution is 2.52. The predicted octanol–water partition coefficient (Wildman–Crippen LogP) is 12.7. The molecule has 208 valence electrons. The predicted molar refractivity (Wildman–Crippen MR) is 201 cm³/mol. The van der Waals surface area contributed by atoms with Crippen LogP contribution in [0.5, 0.6) is 0 Å². The van der Waals surface area contributed by atoms with Crippen molar-refractivity contribution in [3.63, 3.8) is 0 Å². The topological polar surface area (TPSA) is 12.0 Å². The van der Waals surface area contributed by atoms with Gasteiger partial charge < -0.3 is 4.72 Å². The summed E-state index contributed by atoms with van der Waals surface area (Å²) in [6.07, 6.45) is 0. The Kier molecular flexibility index (Phi) is 4.40. The summed E-state index contributed by atoms with van der Waals surface area (Å²) in [5.74, 6) is 0. The van der Waals surface area contributed by atoms with E-state index < -0.39 is 0 Å². The number of benzene rings is 11. The summed E-state index contributed by atoms with van der Waals surface area (Å²) in [5.41, 5.74) is 2.30. The number of aryl methyl sites for hydroxylation is 1. The first-order chi connectivity index (χ1) is 22.2. The Balaban J connectivity index is 1.50. The zero-order chi connectivity index (χ0) is 29.6. The van der Waals surface area contributed by atoms with Gasteiger partial charge in [0.15, 0.2) is 0 Å². The van der Waals surface area contributed by atoms with Crippen molar-refractivity contribution in [2.75, 3.05) is 4.72 Å². The molecule has 0 fully saturated rings. The van der Waals surface area contributed by atoms with E-state index in [4.69, 9.17) is 0 Å². The van der Waals surface area contributed by atoms with Crippen LogP contribution < -0.4 is 4.72 Å². The first-order valence-electron chi connectivity index (χ1n) is 15.6.